The second kappa shape index (κ2) is 5.11. The van der Waals surface area contributed by atoms with Crippen molar-refractivity contribution in [3.05, 3.63) is 70.2 Å². The van der Waals surface area contributed by atoms with Gasteiger partial charge in [-0.15, -0.1) is 0 Å². The summed E-state index contributed by atoms with van der Waals surface area (Å²) in [4.78, 5) is 12.2. The Morgan fingerprint density at radius 1 is 1.05 bits per heavy atom. The molecule has 3 rings (SSSR count). The van der Waals surface area contributed by atoms with Gasteiger partial charge in [-0.1, -0.05) is 23.7 Å². The van der Waals surface area contributed by atoms with Gasteiger partial charge in [-0.05, 0) is 48.7 Å². The molecule has 1 N–H and O–H groups in total. The van der Waals surface area contributed by atoms with Crippen molar-refractivity contribution < 1.29 is 13.6 Å². The van der Waals surface area contributed by atoms with Gasteiger partial charge in [-0.3, -0.25) is 4.79 Å². The average Bonchev–Trinajstić information content (AvgIpc) is 3.23. The molecule has 0 aliphatic heterocycles. The van der Waals surface area contributed by atoms with Crippen molar-refractivity contribution in [2.45, 2.75) is 18.4 Å². The Hall–Kier alpha value is -1.94. The lowest BCUT2D eigenvalue weighted by Crippen LogP contribution is -2.34. The maximum absolute atomic E-state index is 13.2. The van der Waals surface area contributed by atoms with Crippen molar-refractivity contribution in [2.24, 2.45) is 0 Å². The third-order valence-corrected chi connectivity index (χ3v) is 3.93. The Bertz CT molecular complexity index is 696. The lowest BCUT2D eigenvalue weighted by molar-refractivity contribution is 0.0930. The summed E-state index contributed by atoms with van der Waals surface area (Å²) in [5, 5.41) is 3.52. The Morgan fingerprint density at radius 3 is 2.29 bits per heavy atom. The average molecular weight is 308 g/mol. The van der Waals surface area contributed by atoms with Crippen LogP contribution in [0.2, 0.25) is 5.02 Å². The largest absolute Gasteiger partial charge is 0.343 e. The predicted molar refractivity (Wildman–Crippen MR) is 76.2 cm³/mol. The number of carbonyl (C=O) groups is 1. The van der Waals surface area contributed by atoms with E-state index in [4.69, 9.17) is 11.6 Å². The third kappa shape index (κ3) is 2.76. The van der Waals surface area contributed by atoms with Crippen molar-refractivity contribution >= 4 is 17.5 Å². The molecule has 1 amide bonds. The number of hydrogen-bond acceptors (Lipinski definition) is 1. The quantitative estimate of drug-likeness (QED) is 0.911. The highest BCUT2D eigenvalue weighted by atomic mass is 35.5. The number of nitrogens with one attached hydrogen (secondary N) is 1. The molecule has 2 aromatic rings. The van der Waals surface area contributed by atoms with Crippen molar-refractivity contribution in [1.82, 2.24) is 5.32 Å². The SMILES string of the molecule is O=C(NC1(c2ccc(Cl)cc2)CC1)c1ccc(F)c(F)c1. The maximum Gasteiger partial charge on any atom is 0.252 e. The number of benzene rings is 2. The van der Waals surface area contributed by atoms with Crippen LogP contribution in [-0.4, -0.2) is 5.91 Å². The van der Waals surface area contributed by atoms with Gasteiger partial charge in [-0.25, -0.2) is 8.78 Å². The Morgan fingerprint density at radius 2 is 1.71 bits per heavy atom. The highest BCUT2D eigenvalue weighted by Gasteiger charge is 2.45. The molecular formula is C16H12ClF2NO. The first-order valence-corrected chi connectivity index (χ1v) is 6.92. The van der Waals surface area contributed by atoms with E-state index in [1.54, 1.807) is 12.1 Å². The van der Waals surface area contributed by atoms with Crippen LogP contribution in [0.1, 0.15) is 28.8 Å². The van der Waals surface area contributed by atoms with Crippen LogP contribution in [0.25, 0.3) is 0 Å². The summed E-state index contributed by atoms with van der Waals surface area (Å²) >= 11 is 5.85. The van der Waals surface area contributed by atoms with E-state index in [-0.39, 0.29) is 5.56 Å². The Labute approximate surface area is 125 Å². The molecule has 0 atom stereocenters. The van der Waals surface area contributed by atoms with Gasteiger partial charge in [0.2, 0.25) is 0 Å². The zero-order valence-corrected chi connectivity index (χ0v) is 11.8. The predicted octanol–water partition coefficient (Wildman–Crippen LogP) is 4.04. The number of hydrogen-bond donors (Lipinski definition) is 1. The summed E-state index contributed by atoms with van der Waals surface area (Å²) < 4.78 is 26.1. The van der Waals surface area contributed by atoms with Gasteiger partial charge < -0.3 is 5.32 Å². The maximum atomic E-state index is 13.2. The second-order valence-corrected chi connectivity index (χ2v) is 5.61. The molecule has 0 aromatic heterocycles. The first kappa shape index (κ1) is 14.0. The van der Waals surface area contributed by atoms with E-state index in [0.717, 1.165) is 30.5 Å². The lowest BCUT2D eigenvalue weighted by Gasteiger charge is -2.18. The van der Waals surface area contributed by atoms with Crippen molar-refractivity contribution in [3.8, 4) is 0 Å². The van der Waals surface area contributed by atoms with Crippen LogP contribution in [0.4, 0.5) is 8.78 Å². The lowest BCUT2D eigenvalue weighted by atomic mass is 10.0. The van der Waals surface area contributed by atoms with Crippen molar-refractivity contribution in [2.75, 3.05) is 0 Å². The molecule has 0 saturated heterocycles. The molecule has 5 heteroatoms. The minimum absolute atomic E-state index is 0.106. The molecule has 1 aliphatic carbocycles. The summed E-state index contributed by atoms with van der Waals surface area (Å²) in [6.45, 7) is 0. The van der Waals surface area contributed by atoms with Crippen LogP contribution in [0.5, 0.6) is 0 Å². The first-order chi connectivity index (χ1) is 10.00. The molecule has 108 valence electrons. The summed E-state index contributed by atoms with van der Waals surface area (Å²) in [5.41, 5.74) is 0.643. The van der Waals surface area contributed by atoms with Gasteiger partial charge in [0.05, 0.1) is 5.54 Å². The molecule has 1 aliphatic rings. The zero-order valence-electron chi connectivity index (χ0n) is 11.0. The molecule has 0 radical (unpaired) electrons. The summed E-state index contributed by atoms with van der Waals surface area (Å²) in [6.07, 6.45) is 1.62. The summed E-state index contributed by atoms with van der Waals surface area (Å²) in [6, 6.07) is 10.4. The van der Waals surface area contributed by atoms with Crippen LogP contribution >= 0.6 is 11.6 Å². The molecule has 1 fully saturated rings. The minimum atomic E-state index is -1.03. The molecule has 2 aromatic carbocycles. The van der Waals surface area contributed by atoms with Crippen molar-refractivity contribution in [1.29, 1.82) is 0 Å². The van der Waals surface area contributed by atoms with Gasteiger partial charge in [0.15, 0.2) is 11.6 Å². The van der Waals surface area contributed by atoms with Crippen LogP contribution in [0.15, 0.2) is 42.5 Å². The highest BCUT2D eigenvalue weighted by Crippen LogP contribution is 2.45. The molecule has 0 unspecified atom stereocenters. The zero-order chi connectivity index (χ0) is 15.0. The topological polar surface area (TPSA) is 29.1 Å². The Kier molecular flexibility index (Phi) is 3.41. The first-order valence-electron chi connectivity index (χ1n) is 6.54. The van der Waals surface area contributed by atoms with E-state index in [9.17, 15) is 13.6 Å². The molecular weight excluding hydrogens is 296 g/mol. The van der Waals surface area contributed by atoms with Gasteiger partial charge in [0, 0.05) is 10.6 Å². The fraction of sp³-hybridized carbons (Fsp3) is 0.188. The van der Waals surface area contributed by atoms with E-state index in [1.165, 1.54) is 6.07 Å². The normalized spacial score (nSPS) is 15.6. The highest BCUT2D eigenvalue weighted by molar-refractivity contribution is 6.30. The van der Waals surface area contributed by atoms with E-state index in [1.807, 2.05) is 12.1 Å². The molecule has 1 saturated carbocycles. The van der Waals surface area contributed by atoms with E-state index >= 15 is 0 Å². The van der Waals surface area contributed by atoms with Gasteiger partial charge in [0.1, 0.15) is 0 Å². The van der Waals surface area contributed by atoms with Gasteiger partial charge >= 0.3 is 0 Å². The number of rotatable bonds is 3. The van der Waals surface area contributed by atoms with Gasteiger partial charge in [-0.2, -0.15) is 0 Å². The molecule has 2 nitrogen and oxygen atoms in total. The molecule has 0 spiro atoms. The monoisotopic (exact) mass is 307 g/mol. The van der Waals surface area contributed by atoms with Gasteiger partial charge in [0.25, 0.3) is 5.91 Å². The summed E-state index contributed by atoms with van der Waals surface area (Å²) in [7, 11) is 0. The van der Waals surface area contributed by atoms with E-state index < -0.39 is 23.1 Å². The number of amides is 1. The van der Waals surface area contributed by atoms with E-state index in [0.29, 0.717) is 5.02 Å². The standard InChI is InChI=1S/C16H12ClF2NO/c17-12-4-2-11(3-5-12)16(7-8-16)20-15(21)10-1-6-13(18)14(19)9-10/h1-6,9H,7-8H2,(H,20,21). The van der Waals surface area contributed by atoms with Crippen LogP contribution in [0, 0.1) is 11.6 Å². The summed E-state index contributed by atoms with van der Waals surface area (Å²) in [5.74, 6) is -2.41. The van der Waals surface area contributed by atoms with E-state index in [2.05, 4.69) is 5.32 Å². The van der Waals surface area contributed by atoms with Crippen LogP contribution < -0.4 is 5.32 Å². The van der Waals surface area contributed by atoms with Crippen LogP contribution in [-0.2, 0) is 5.54 Å². The fourth-order valence-electron chi connectivity index (χ4n) is 2.31. The molecule has 0 heterocycles. The smallest absolute Gasteiger partial charge is 0.252 e. The minimum Gasteiger partial charge on any atom is -0.343 e. The molecule has 21 heavy (non-hydrogen) atoms. The number of carbonyl (C=O) groups excluding carboxylic acids is 1. The Balaban J connectivity index is 1.81. The third-order valence-electron chi connectivity index (χ3n) is 3.68. The van der Waals surface area contributed by atoms with Crippen LogP contribution in [0.3, 0.4) is 0 Å². The van der Waals surface area contributed by atoms with Crippen molar-refractivity contribution in [3.63, 3.8) is 0 Å². The second-order valence-electron chi connectivity index (χ2n) is 5.17. The molecule has 0 bridgehead atoms. The fourth-order valence-corrected chi connectivity index (χ4v) is 2.43. The number of halogens is 3.